The van der Waals surface area contributed by atoms with E-state index in [9.17, 15) is 34.1 Å². The summed E-state index contributed by atoms with van der Waals surface area (Å²) in [6, 6.07) is 9.45. The molecule has 0 spiro atoms. The Bertz CT molecular complexity index is 1240. The topological polar surface area (TPSA) is 174 Å². The maximum Gasteiger partial charge on any atom is 0.513 e. The van der Waals surface area contributed by atoms with Crippen LogP contribution >= 0.6 is 0 Å². The van der Waals surface area contributed by atoms with Gasteiger partial charge in [0.05, 0.1) is 22.7 Å². The Labute approximate surface area is 217 Å². The van der Waals surface area contributed by atoms with E-state index in [0.717, 1.165) is 11.0 Å². The molecule has 4 amide bonds. The molecule has 0 fully saturated rings. The van der Waals surface area contributed by atoms with E-state index in [-0.39, 0.29) is 60.4 Å². The van der Waals surface area contributed by atoms with Gasteiger partial charge in [0, 0.05) is 43.8 Å². The number of nitrogens with one attached hydrogen (secondary N) is 2. The summed E-state index contributed by atoms with van der Waals surface area (Å²) in [6.07, 6.45) is -0.0613. The largest absolute Gasteiger partial charge is 0.513 e. The number of nitrogens with zero attached hydrogens (tertiary/aromatic N) is 2. The smallest absolute Gasteiger partial charge is 0.434 e. The van der Waals surface area contributed by atoms with E-state index < -0.39 is 22.9 Å². The molecule has 1 aliphatic heterocycles. The van der Waals surface area contributed by atoms with Crippen molar-refractivity contribution >= 4 is 35.5 Å². The second kappa shape index (κ2) is 12.9. The van der Waals surface area contributed by atoms with Crippen LogP contribution in [0.2, 0.25) is 0 Å². The van der Waals surface area contributed by atoms with Gasteiger partial charge in [-0.05, 0) is 50.1 Å². The van der Waals surface area contributed by atoms with Gasteiger partial charge >= 0.3 is 6.16 Å². The van der Waals surface area contributed by atoms with E-state index >= 15 is 0 Å². The summed E-state index contributed by atoms with van der Waals surface area (Å²) < 4.78 is 9.60. The number of hydrogen-bond donors (Lipinski definition) is 2. The number of nitro benzene ring substituents is 1. The van der Waals surface area contributed by atoms with Crippen molar-refractivity contribution in [2.45, 2.75) is 26.2 Å². The zero-order valence-corrected chi connectivity index (χ0v) is 20.6. The summed E-state index contributed by atoms with van der Waals surface area (Å²) in [7, 11) is 0. The number of nitro groups is 1. The predicted molar refractivity (Wildman–Crippen MR) is 132 cm³/mol. The number of imide groups is 1. The first-order valence-corrected chi connectivity index (χ1v) is 11.9. The molecular weight excluding hydrogens is 500 g/mol. The molecule has 2 aromatic rings. The highest BCUT2D eigenvalue weighted by Crippen LogP contribution is 2.27. The first-order valence-electron chi connectivity index (χ1n) is 11.9. The van der Waals surface area contributed by atoms with Crippen LogP contribution in [0.1, 0.15) is 57.3 Å². The Morgan fingerprint density at radius 2 is 1.63 bits per heavy atom. The van der Waals surface area contributed by atoms with Crippen molar-refractivity contribution in [3.05, 3.63) is 69.3 Å². The number of carbonyl (C=O) groups is 5. The fourth-order valence-corrected chi connectivity index (χ4v) is 3.62. The van der Waals surface area contributed by atoms with Crippen LogP contribution in [0.15, 0.2) is 42.5 Å². The SMILES string of the molecule is CCOC(=O)Oc1ccc(C(=O)NCCCNC(=O)CCCN2C(=O)c3ccc([N+](=O)[O-])cc3C2=O)cc1. The second-order valence-corrected chi connectivity index (χ2v) is 8.12. The lowest BCUT2D eigenvalue weighted by molar-refractivity contribution is -0.384. The molecule has 0 unspecified atom stereocenters. The minimum absolute atomic E-state index is 0.00718. The molecule has 38 heavy (non-hydrogen) atoms. The van der Waals surface area contributed by atoms with Gasteiger partial charge < -0.3 is 20.1 Å². The van der Waals surface area contributed by atoms with E-state index in [2.05, 4.69) is 15.4 Å². The van der Waals surface area contributed by atoms with Crippen molar-refractivity contribution in [1.29, 1.82) is 0 Å². The van der Waals surface area contributed by atoms with E-state index in [1.54, 1.807) is 6.92 Å². The first kappa shape index (κ1) is 27.8. The Balaban J connectivity index is 1.32. The molecule has 0 radical (unpaired) electrons. The van der Waals surface area contributed by atoms with Gasteiger partial charge in [-0.25, -0.2) is 4.79 Å². The van der Waals surface area contributed by atoms with Crippen molar-refractivity contribution in [3.8, 4) is 5.75 Å². The third-order valence-corrected chi connectivity index (χ3v) is 5.49. The molecule has 13 nitrogen and oxygen atoms in total. The summed E-state index contributed by atoms with van der Waals surface area (Å²) in [6.45, 7) is 2.46. The van der Waals surface area contributed by atoms with Crippen molar-refractivity contribution in [2.75, 3.05) is 26.2 Å². The van der Waals surface area contributed by atoms with Crippen molar-refractivity contribution in [3.63, 3.8) is 0 Å². The monoisotopic (exact) mass is 526 g/mol. The van der Waals surface area contributed by atoms with Gasteiger partial charge in [-0.3, -0.25) is 34.2 Å². The number of benzene rings is 2. The number of carbonyl (C=O) groups excluding carboxylic acids is 5. The predicted octanol–water partition coefficient (Wildman–Crippen LogP) is 2.44. The van der Waals surface area contributed by atoms with E-state index in [1.807, 2.05) is 0 Å². The fraction of sp³-hybridized carbons (Fsp3) is 0.320. The van der Waals surface area contributed by atoms with Crippen molar-refractivity contribution in [1.82, 2.24) is 15.5 Å². The van der Waals surface area contributed by atoms with Crippen LogP contribution in [-0.2, 0) is 9.53 Å². The highest BCUT2D eigenvalue weighted by Gasteiger charge is 2.36. The minimum Gasteiger partial charge on any atom is -0.434 e. The van der Waals surface area contributed by atoms with Crippen LogP contribution in [0.4, 0.5) is 10.5 Å². The lowest BCUT2D eigenvalue weighted by Gasteiger charge is -2.13. The third-order valence-electron chi connectivity index (χ3n) is 5.49. The summed E-state index contributed by atoms with van der Waals surface area (Å²) in [5.74, 6) is -1.52. The summed E-state index contributed by atoms with van der Waals surface area (Å²) >= 11 is 0. The summed E-state index contributed by atoms with van der Waals surface area (Å²) in [5, 5.41) is 16.3. The molecule has 200 valence electrons. The molecule has 0 bridgehead atoms. The van der Waals surface area contributed by atoms with Crippen LogP contribution in [0.25, 0.3) is 0 Å². The van der Waals surface area contributed by atoms with Gasteiger partial charge in [0.2, 0.25) is 5.91 Å². The van der Waals surface area contributed by atoms with Crippen LogP contribution in [0.5, 0.6) is 5.75 Å². The molecule has 0 saturated heterocycles. The molecule has 2 N–H and O–H groups in total. The number of ether oxygens (including phenoxy) is 2. The molecule has 0 atom stereocenters. The van der Waals surface area contributed by atoms with Gasteiger partial charge in [-0.2, -0.15) is 0 Å². The maximum absolute atomic E-state index is 12.5. The third kappa shape index (κ3) is 7.12. The average molecular weight is 527 g/mol. The molecule has 0 saturated carbocycles. The molecule has 1 aliphatic rings. The van der Waals surface area contributed by atoms with Crippen molar-refractivity contribution < 1.29 is 38.4 Å². The summed E-state index contributed by atoms with van der Waals surface area (Å²) in [5.41, 5.74) is 0.179. The molecule has 1 heterocycles. The van der Waals surface area contributed by atoms with Gasteiger partial charge in [0.25, 0.3) is 23.4 Å². The number of rotatable bonds is 12. The van der Waals surface area contributed by atoms with Crippen molar-refractivity contribution in [2.24, 2.45) is 0 Å². The number of hydrogen-bond acceptors (Lipinski definition) is 9. The molecular formula is C25H26N4O9. The Hall–Kier alpha value is -4.81. The first-order chi connectivity index (χ1) is 18.2. The zero-order valence-electron chi connectivity index (χ0n) is 20.6. The highest BCUT2D eigenvalue weighted by atomic mass is 16.7. The molecule has 0 aliphatic carbocycles. The highest BCUT2D eigenvalue weighted by molar-refractivity contribution is 6.21. The normalized spacial score (nSPS) is 12.1. The molecule has 3 rings (SSSR count). The van der Waals surface area contributed by atoms with Gasteiger partial charge in [-0.1, -0.05) is 0 Å². The maximum atomic E-state index is 12.5. The average Bonchev–Trinajstić information content (AvgIpc) is 3.13. The molecule has 2 aromatic carbocycles. The standard InChI is InChI=1S/C25H26N4O9/c1-2-37-25(34)38-18-9-6-16(7-10-18)22(31)27-13-4-12-26-21(30)5-3-14-28-23(32)19-11-8-17(29(35)36)15-20(19)24(28)33/h6-11,15H,2-5,12-14H2,1H3,(H,26,30)(H,27,31). The van der Waals surface area contributed by atoms with E-state index in [0.29, 0.717) is 25.1 Å². The van der Waals surface area contributed by atoms with E-state index in [1.165, 1.54) is 36.4 Å². The Morgan fingerprint density at radius 3 is 2.32 bits per heavy atom. The quantitative estimate of drug-likeness (QED) is 0.105. The van der Waals surface area contributed by atoms with Crippen LogP contribution in [0, 0.1) is 10.1 Å². The number of fused-ring (bicyclic) bond motifs is 1. The molecule has 0 aromatic heterocycles. The van der Waals surface area contributed by atoms with Crippen LogP contribution in [0.3, 0.4) is 0 Å². The Kier molecular flexibility index (Phi) is 9.46. The van der Waals surface area contributed by atoms with Crippen LogP contribution in [-0.4, -0.2) is 65.8 Å². The van der Waals surface area contributed by atoms with Gasteiger partial charge in [0.1, 0.15) is 5.75 Å². The van der Waals surface area contributed by atoms with E-state index in [4.69, 9.17) is 4.74 Å². The number of non-ortho nitro benzene ring substituents is 1. The lowest BCUT2D eigenvalue weighted by atomic mass is 10.1. The molecule has 13 heteroatoms. The Morgan fingerprint density at radius 1 is 0.947 bits per heavy atom. The van der Waals surface area contributed by atoms with Gasteiger partial charge in [0.15, 0.2) is 0 Å². The second-order valence-electron chi connectivity index (χ2n) is 8.12. The van der Waals surface area contributed by atoms with Crippen LogP contribution < -0.4 is 15.4 Å². The lowest BCUT2D eigenvalue weighted by Crippen LogP contribution is -2.32. The van der Waals surface area contributed by atoms with Gasteiger partial charge in [-0.15, -0.1) is 0 Å². The number of amides is 4. The minimum atomic E-state index is -0.830. The fourth-order valence-electron chi connectivity index (χ4n) is 3.62. The zero-order chi connectivity index (χ0) is 27.7. The summed E-state index contributed by atoms with van der Waals surface area (Å²) in [4.78, 5) is 71.7.